The number of rotatable bonds is 6. The first kappa shape index (κ1) is 16.5. The second-order valence-corrected chi connectivity index (χ2v) is 5.80. The van der Waals surface area contributed by atoms with Crippen molar-refractivity contribution in [3.8, 4) is 0 Å². The first-order chi connectivity index (χ1) is 10.6. The van der Waals surface area contributed by atoms with Crippen molar-refractivity contribution in [3.63, 3.8) is 0 Å². The Morgan fingerprint density at radius 1 is 1.27 bits per heavy atom. The minimum Gasteiger partial charge on any atom is -0.481 e. The summed E-state index contributed by atoms with van der Waals surface area (Å²) >= 11 is 0. The number of aryl methyl sites for hydroxylation is 1. The van der Waals surface area contributed by atoms with E-state index < -0.39 is 5.97 Å². The third-order valence-corrected chi connectivity index (χ3v) is 3.98. The molecule has 0 spiro atoms. The van der Waals surface area contributed by atoms with Crippen molar-refractivity contribution in [3.05, 3.63) is 35.4 Å². The molecule has 2 N–H and O–H groups in total. The molecule has 1 aliphatic heterocycles. The molecule has 5 heteroatoms. The molecule has 1 amide bonds. The highest BCUT2D eigenvalue weighted by molar-refractivity contribution is 5.80. The van der Waals surface area contributed by atoms with Gasteiger partial charge in [0.2, 0.25) is 5.91 Å². The van der Waals surface area contributed by atoms with Crippen molar-refractivity contribution in [1.82, 2.24) is 5.32 Å². The molecule has 5 nitrogen and oxygen atoms in total. The van der Waals surface area contributed by atoms with E-state index in [4.69, 9.17) is 9.84 Å². The number of ether oxygens (including phenoxy) is 1. The molecule has 1 heterocycles. The highest BCUT2D eigenvalue weighted by Crippen LogP contribution is 2.33. The van der Waals surface area contributed by atoms with Gasteiger partial charge in [0.15, 0.2) is 0 Å². The lowest BCUT2D eigenvalue weighted by molar-refractivity contribution is -0.138. The normalized spacial score (nSPS) is 21.3. The maximum absolute atomic E-state index is 11.7. The zero-order valence-electron chi connectivity index (χ0n) is 12.9. The Morgan fingerprint density at radius 2 is 2.00 bits per heavy atom. The van der Waals surface area contributed by atoms with Crippen molar-refractivity contribution >= 4 is 11.9 Å². The largest absolute Gasteiger partial charge is 0.481 e. The van der Waals surface area contributed by atoms with Crippen molar-refractivity contribution in [2.45, 2.75) is 38.7 Å². The van der Waals surface area contributed by atoms with Crippen LogP contribution >= 0.6 is 0 Å². The van der Waals surface area contributed by atoms with E-state index in [9.17, 15) is 9.59 Å². The van der Waals surface area contributed by atoms with Crippen LogP contribution < -0.4 is 5.32 Å². The van der Waals surface area contributed by atoms with E-state index in [1.54, 1.807) is 0 Å². The van der Waals surface area contributed by atoms with Gasteiger partial charge in [0.1, 0.15) is 0 Å². The fourth-order valence-corrected chi connectivity index (χ4v) is 2.73. The maximum Gasteiger partial charge on any atom is 0.303 e. The van der Waals surface area contributed by atoms with Crippen LogP contribution in [0.25, 0.3) is 0 Å². The molecule has 2 unspecified atom stereocenters. The van der Waals surface area contributed by atoms with Gasteiger partial charge in [-0.3, -0.25) is 9.59 Å². The molecular formula is C17H23NO4. The summed E-state index contributed by atoms with van der Waals surface area (Å²) in [7, 11) is 0. The van der Waals surface area contributed by atoms with Gasteiger partial charge in [-0.2, -0.15) is 0 Å². The predicted octanol–water partition coefficient (Wildman–Crippen LogP) is 2.44. The van der Waals surface area contributed by atoms with E-state index >= 15 is 0 Å². The lowest BCUT2D eigenvalue weighted by Gasteiger charge is -2.32. The second kappa shape index (κ2) is 7.94. The number of nitrogens with one attached hydrogen (secondary N) is 1. The van der Waals surface area contributed by atoms with Gasteiger partial charge in [0.05, 0.1) is 12.5 Å². The van der Waals surface area contributed by atoms with Gasteiger partial charge in [-0.1, -0.05) is 29.8 Å². The minimum atomic E-state index is -0.950. The molecule has 1 aromatic carbocycles. The number of carbonyl (C=O) groups excluding carboxylic acids is 1. The maximum atomic E-state index is 11.7. The van der Waals surface area contributed by atoms with Gasteiger partial charge in [-0.15, -0.1) is 0 Å². The van der Waals surface area contributed by atoms with E-state index in [1.807, 2.05) is 6.92 Å². The number of benzene rings is 1. The fraction of sp³-hybridized carbons (Fsp3) is 0.529. The number of aliphatic carboxylic acids is 1. The van der Waals surface area contributed by atoms with E-state index in [0.29, 0.717) is 6.54 Å². The molecule has 2 atom stereocenters. The molecule has 22 heavy (non-hydrogen) atoms. The molecule has 1 fully saturated rings. The van der Waals surface area contributed by atoms with Crippen LogP contribution in [0.3, 0.4) is 0 Å². The van der Waals surface area contributed by atoms with E-state index in [0.717, 1.165) is 25.0 Å². The zero-order valence-corrected chi connectivity index (χ0v) is 12.9. The van der Waals surface area contributed by atoms with Crippen LogP contribution in [0.1, 0.15) is 42.9 Å². The summed E-state index contributed by atoms with van der Waals surface area (Å²) in [6.07, 6.45) is 1.87. The lowest BCUT2D eigenvalue weighted by atomic mass is 9.89. The first-order valence-electron chi connectivity index (χ1n) is 7.73. The molecule has 0 radical (unpaired) electrons. The number of hydrogen-bond donors (Lipinski definition) is 2. The quantitative estimate of drug-likeness (QED) is 0.846. The predicted molar refractivity (Wildman–Crippen MR) is 82.5 cm³/mol. The Morgan fingerprint density at radius 3 is 2.68 bits per heavy atom. The molecule has 0 aromatic heterocycles. The number of carboxylic acids is 1. The summed E-state index contributed by atoms with van der Waals surface area (Å²) in [6.45, 7) is 3.31. The van der Waals surface area contributed by atoms with E-state index in [-0.39, 0.29) is 30.8 Å². The number of carbonyl (C=O) groups is 2. The number of hydrogen-bond acceptors (Lipinski definition) is 3. The Labute approximate surface area is 130 Å². The Bertz CT molecular complexity index is 512. The summed E-state index contributed by atoms with van der Waals surface area (Å²) in [6, 6.07) is 8.28. The molecule has 1 aliphatic rings. The van der Waals surface area contributed by atoms with Gasteiger partial charge < -0.3 is 15.2 Å². The monoisotopic (exact) mass is 305 g/mol. The third-order valence-electron chi connectivity index (χ3n) is 3.98. The van der Waals surface area contributed by atoms with Crippen LogP contribution in [0.2, 0.25) is 0 Å². The van der Waals surface area contributed by atoms with Crippen LogP contribution in [-0.4, -0.2) is 30.1 Å². The zero-order chi connectivity index (χ0) is 15.9. The highest BCUT2D eigenvalue weighted by Gasteiger charge is 2.27. The number of carboxylic acid groups (broad SMARTS) is 1. The first-order valence-corrected chi connectivity index (χ1v) is 7.73. The molecule has 1 aromatic rings. The van der Waals surface area contributed by atoms with Crippen molar-refractivity contribution in [1.29, 1.82) is 0 Å². The molecule has 2 rings (SSSR count). The Balaban J connectivity index is 1.91. The molecule has 1 saturated heterocycles. The summed E-state index contributed by atoms with van der Waals surface area (Å²) in [5, 5.41) is 11.4. The van der Waals surface area contributed by atoms with Gasteiger partial charge >= 0.3 is 5.97 Å². The van der Waals surface area contributed by atoms with Crippen molar-refractivity contribution in [2.75, 3.05) is 13.2 Å². The van der Waals surface area contributed by atoms with Crippen LogP contribution in [0.4, 0.5) is 0 Å². The van der Waals surface area contributed by atoms with E-state index in [1.165, 1.54) is 5.56 Å². The second-order valence-electron chi connectivity index (χ2n) is 5.80. The van der Waals surface area contributed by atoms with Crippen molar-refractivity contribution < 1.29 is 19.4 Å². The van der Waals surface area contributed by atoms with Gasteiger partial charge in [0, 0.05) is 25.5 Å². The van der Waals surface area contributed by atoms with Crippen LogP contribution in [0.15, 0.2) is 24.3 Å². The van der Waals surface area contributed by atoms with Crippen molar-refractivity contribution in [2.24, 2.45) is 5.92 Å². The molecule has 0 bridgehead atoms. The molecule has 0 saturated carbocycles. The Hall–Kier alpha value is -1.88. The van der Waals surface area contributed by atoms with Crippen LogP contribution in [0.5, 0.6) is 0 Å². The average Bonchev–Trinajstić information content (AvgIpc) is 2.52. The van der Waals surface area contributed by atoms with Gasteiger partial charge in [-0.25, -0.2) is 0 Å². The van der Waals surface area contributed by atoms with Crippen LogP contribution in [0, 0.1) is 12.8 Å². The average molecular weight is 305 g/mol. The SMILES string of the molecule is Cc1ccc(C2OCCCC2CNC(=O)CCC(=O)O)cc1. The third kappa shape index (κ3) is 4.84. The lowest BCUT2D eigenvalue weighted by Crippen LogP contribution is -2.35. The Kier molecular flexibility index (Phi) is 5.95. The van der Waals surface area contributed by atoms with E-state index in [2.05, 4.69) is 29.6 Å². The van der Waals surface area contributed by atoms with Crippen LogP contribution in [-0.2, 0) is 14.3 Å². The van der Waals surface area contributed by atoms with Gasteiger partial charge in [0.25, 0.3) is 0 Å². The summed E-state index contributed by atoms with van der Waals surface area (Å²) < 4.78 is 5.90. The minimum absolute atomic E-state index is 0.00544. The fourth-order valence-electron chi connectivity index (χ4n) is 2.73. The topological polar surface area (TPSA) is 75.6 Å². The molecular weight excluding hydrogens is 282 g/mol. The molecule has 0 aliphatic carbocycles. The highest BCUT2D eigenvalue weighted by atomic mass is 16.5. The smallest absolute Gasteiger partial charge is 0.303 e. The summed E-state index contributed by atoms with van der Waals surface area (Å²) in [4.78, 5) is 22.1. The number of amides is 1. The standard InChI is InChI=1S/C17H23NO4/c1-12-4-6-13(7-5-12)17-14(3-2-10-22-17)11-18-15(19)8-9-16(20)21/h4-7,14,17H,2-3,8-11H2,1H3,(H,18,19)(H,20,21). The van der Waals surface area contributed by atoms with Gasteiger partial charge in [-0.05, 0) is 25.3 Å². The summed E-state index contributed by atoms with van der Waals surface area (Å²) in [5.74, 6) is -0.936. The summed E-state index contributed by atoms with van der Waals surface area (Å²) in [5.41, 5.74) is 2.34. The molecule has 120 valence electrons.